The number of rotatable bonds is 5. The van der Waals surface area contributed by atoms with E-state index in [1.165, 1.54) is 0 Å². The van der Waals surface area contributed by atoms with Gasteiger partial charge in [0.25, 0.3) is 11.8 Å². The highest BCUT2D eigenvalue weighted by Crippen LogP contribution is 2.22. The van der Waals surface area contributed by atoms with Gasteiger partial charge in [0.05, 0.1) is 5.92 Å². The van der Waals surface area contributed by atoms with Crippen LogP contribution in [0, 0.1) is 0 Å². The molecule has 1 heterocycles. The number of hydrogen-bond donors (Lipinski definition) is 0. The van der Waals surface area contributed by atoms with Crippen LogP contribution in [0.2, 0.25) is 0 Å². The van der Waals surface area contributed by atoms with E-state index in [9.17, 15) is 19.2 Å². The van der Waals surface area contributed by atoms with Crippen LogP contribution < -0.4 is 0 Å². The van der Waals surface area contributed by atoms with E-state index in [2.05, 4.69) is 0 Å². The molecule has 1 fully saturated rings. The lowest BCUT2D eigenvalue weighted by molar-refractivity contribution is -0.198. The zero-order chi connectivity index (χ0) is 18.7. The lowest BCUT2D eigenvalue weighted by Gasteiger charge is -2.17. The summed E-state index contributed by atoms with van der Waals surface area (Å²) in [5.41, 5.74) is 1.56. The van der Waals surface area contributed by atoms with Gasteiger partial charge in [0.15, 0.2) is 5.78 Å². The number of benzene rings is 2. The molecule has 0 unspecified atom stereocenters. The third kappa shape index (κ3) is 3.54. The zero-order valence-electron chi connectivity index (χ0n) is 14.2. The largest absolute Gasteiger partial charge is 0.340 e. The predicted molar refractivity (Wildman–Crippen MR) is 91.9 cm³/mol. The molecule has 3 rings (SSSR count). The summed E-state index contributed by atoms with van der Waals surface area (Å²) in [5.74, 6) is -2.66. The van der Waals surface area contributed by atoms with Crippen molar-refractivity contribution >= 4 is 23.6 Å². The molecule has 0 radical (unpaired) electrons. The number of amides is 2. The molecule has 132 valence electrons. The molecular weight excluding hydrogens is 334 g/mol. The van der Waals surface area contributed by atoms with Crippen molar-refractivity contribution in [1.82, 2.24) is 5.06 Å². The number of carbonyl (C=O) groups is 4. The van der Waals surface area contributed by atoms with Gasteiger partial charge in [0, 0.05) is 24.0 Å². The van der Waals surface area contributed by atoms with Crippen molar-refractivity contribution in [2.45, 2.75) is 25.7 Å². The molecule has 1 aliphatic rings. The first-order chi connectivity index (χ1) is 12.5. The number of imide groups is 1. The van der Waals surface area contributed by atoms with Gasteiger partial charge in [-0.3, -0.25) is 14.4 Å². The summed E-state index contributed by atoms with van der Waals surface area (Å²) in [7, 11) is 0. The Hall–Kier alpha value is -3.28. The number of nitrogens with zero attached hydrogens (tertiary/aromatic N) is 1. The van der Waals surface area contributed by atoms with Crippen molar-refractivity contribution in [2.24, 2.45) is 0 Å². The Labute approximate surface area is 150 Å². The molecular formula is C20H17NO5. The first-order valence-corrected chi connectivity index (χ1v) is 8.24. The molecule has 1 aliphatic heterocycles. The van der Waals surface area contributed by atoms with E-state index in [-0.39, 0.29) is 18.6 Å². The predicted octanol–water partition coefficient (Wildman–Crippen LogP) is 2.63. The maximum atomic E-state index is 12.5. The number of carbonyl (C=O) groups excluding carboxylic acids is 4. The van der Waals surface area contributed by atoms with E-state index in [1.807, 2.05) is 6.07 Å². The summed E-state index contributed by atoms with van der Waals surface area (Å²) in [4.78, 5) is 52.9. The van der Waals surface area contributed by atoms with Crippen molar-refractivity contribution in [3.05, 3.63) is 71.3 Å². The lowest BCUT2D eigenvalue weighted by atomic mass is 9.96. The monoisotopic (exact) mass is 351 g/mol. The average Bonchev–Trinajstić information content (AvgIpc) is 2.99. The Morgan fingerprint density at radius 2 is 1.54 bits per heavy atom. The molecule has 2 aromatic rings. The number of hydroxylamine groups is 2. The molecule has 1 saturated heterocycles. The highest BCUT2D eigenvalue weighted by molar-refractivity contribution is 6.09. The van der Waals surface area contributed by atoms with Crippen LogP contribution in [0.3, 0.4) is 0 Å². The van der Waals surface area contributed by atoms with Crippen LogP contribution in [-0.2, 0) is 19.2 Å². The summed E-state index contributed by atoms with van der Waals surface area (Å²) in [6.45, 7) is 1.60. The Balaban J connectivity index is 1.77. The minimum atomic E-state index is -0.736. The van der Waals surface area contributed by atoms with Gasteiger partial charge in [0.2, 0.25) is 0 Å². The molecule has 6 heteroatoms. The Morgan fingerprint density at radius 1 is 0.923 bits per heavy atom. The molecule has 0 aromatic heterocycles. The average molecular weight is 351 g/mol. The van der Waals surface area contributed by atoms with Crippen LogP contribution in [0.5, 0.6) is 0 Å². The molecule has 1 atom stereocenters. The minimum Gasteiger partial charge on any atom is -0.330 e. The molecule has 6 nitrogen and oxygen atoms in total. The minimum absolute atomic E-state index is 0.0432. The first kappa shape index (κ1) is 17.5. The Bertz CT molecular complexity index is 859. The fraction of sp³-hybridized carbons (Fsp3) is 0.200. The van der Waals surface area contributed by atoms with Crippen molar-refractivity contribution in [3.63, 3.8) is 0 Å². The highest BCUT2D eigenvalue weighted by Gasteiger charge is 2.34. The number of hydrogen-bond acceptors (Lipinski definition) is 5. The van der Waals surface area contributed by atoms with E-state index in [0.717, 1.165) is 0 Å². The molecule has 0 aliphatic carbocycles. The topological polar surface area (TPSA) is 80.8 Å². The third-order valence-electron chi connectivity index (χ3n) is 4.23. The van der Waals surface area contributed by atoms with Crippen molar-refractivity contribution in [1.29, 1.82) is 0 Å². The molecule has 26 heavy (non-hydrogen) atoms. The summed E-state index contributed by atoms with van der Waals surface area (Å²) >= 11 is 0. The Kier molecular flexibility index (Phi) is 4.93. The quantitative estimate of drug-likeness (QED) is 0.611. The van der Waals surface area contributed by atoms with Crippen LogP contribution in [0.1, 0.15) is 47.2 Å². The smallest absolute Gasteiger partial charge is 0.330 e. The second-order valence-corrected chi connectivity index (χ2v) is 6.03. The molecule has 2 amide bonds. The standard InChI is InChI=1S/C20H17NO5/c1-13(20(25)26-21-17(22)10-11-18(21)23)15-8-5-9-16(12-15)19(24)14-6-3-2-4-7-14/h2-9,12-13H,10-11H2,1H3/t13-/m1/s1. The van der Waals surface area contributed by atoms with Crippen LogP contribution in [0.15, 0.2) is 54.6 Å². The van der Waals surface area contributed by atoms with Crippen LogP contribution in [0.25, 0.3) is 0 Å². The Morgan fingerprint density at radius 3 is 2.19 bits per heavy atom. The molecule has 2 aromatic carbocycles. The fourth-order valence-corrected chi connectivity index (χ4v) is 2.67. The third-order valence-corrected chi connectivity index (χ3v) is 4.23. The molecule has 0 spiro atoms. The zero-order valence-corrected chi connectivity index (χ0v) is 14.2. The van der Waals surface area contributed by atoms with E-state index >= 15 is 0 Å². The number of ketones is 1. The van der Waals surface area contributed by atoms with Gasteiger partial charge in [0.1, 0.15) is 0 Å². The highest BCUT2D eigenvalue weighted by atomic mass is 16.7. The lowest BCUT2D eigenvalue weighted by Crippen LogP contribution is -2.33. The summed E-state index contributed by atoms with van der Waals surface area (Å²) in [6.07, 6.45) is 0.0864. The SMILES string of the molecule is C[C@@H](C(=O)ON1C(=O)CCC1=O)c1cccc(C(=O)c2ccccc2)c1. The van der Waals surface area contributed by atoms with Crippen LogP contribution in [0.4, 0.5) is 0 Å². The normalized spacial score (nSPS) is 15.0. The van der Waals surface area contributed by atoms with Gasteiger partial charge in [-0.25, -0.2) is 4.79 Å². The van der Waals surface area contributed by atoms with Gasteiger partial charge in [-0.1, -0.05) is 48.5 Å². The van der Waals surface area contributed by atoms with Crippen molar-refractivity contribution in [3.8, 4) is 0 Å². The second kappa shape index (κ2) is 7.31. The van der Waals surface area contributed by atoms with Crippen LogP contribution in [-0.4, -0.2) is 28.6 Å². The van der Waals surface area contributed by atoms with Crippen molar-refractivity contribution < 1.29 is 24.0 Å². The van der Waals surface area contributed by atoms with E-state index in [0.29, 0.717) is 21.8 Å². The maximum Gasteiger partial charge on any atom is 0.340 e. The maximum absolute atomic E-state index is 12.5. The van der Waals surface area contributed by atoms with Gasteiger partial charge in [-0.2, -0.15) is 0 Å². The second-order valence-electron chi connectivity index (χ2n) is 6.03. The van der Waals surface area contributed by atoms with E-state index in [1.54, 1.807) is 55.5 Å². The molecule has 0 bridgehead atoms. The van der Waals surface area contributed by atoms with Gasteiger partial charge < -0.3 is 4.84 Å². The van der Waals surface area contributed by atoms with Gasteiger partial charge in [-0.15, -0.1) is 5.06 Å². The first-order valence-electron chi connectivity index (χ1n) is 8.24. The van der Waals surface area contributed by atoms with Crippen molar-refractivity contribution in [2.75, 3.05) is 0 Å². The van der Waals surface area contributed by atoms with E-state index in [4.69, 9.17) is 4.84 Å². The van der Waals surface area contributed by atoms with Crippen LogP contribution >= 0.6 is 0 Å². The fourth-order valence-electron chi connectivity index (χ4n) is 2.67. The summed E-state index contributed by atoms with van der Waals surface area (Å²) in [5, 5.41) is 0.526. The van der Waals surface area contributed by atoms with E-state index < -0.39 is 23.7 Å². The summed E-state index contributed by atoms with van der Waals surface area (Å²) in [6, 6.07) is 15.5. The summed E-state index contributed by atoms with van der Waals surface area (Å²) < 4.78 is 0. The molecule has 0 N–H and O–H groups in total. The van der Waals surface area contributed by atoms with Gasteiger partial charge in [-0.05, 0) is 18.6 Å². The molecule has 0 saturated carbocycles. The van der Waals surface area contributed by atoms with Gasteiger partial charge >= 0.3 is 5.97 Å².